The number of carbonyl (C=O) groups is 2. The van der Waals surface area contributed by atoms with Crippen LogP contribution in [-0.2, 0) is 22.7 Å². The van der Waals surface area contributed by atoms with Crippen molar-refractivity contribution in [2.75, 3.05) is 33.9 Å². The Balaban J connectivity index is 0.000000569. The Kier molecular flexibility index (Phi) is 10.7. The number of likely N-dealkylation sites (tertiary alicyclic amines) is 1. The number of hydrogen-bond acceptors (Lipinski definition) is 6. The van der Waals surface area contributed by atoms with Crippen LogP contribution in [0.15, 0.2) is 48.5 Å². The number of nitrogens with zero attached hydrogens (tertiary/aromatic N) is 2. The predicted octanol–water partition coefficient (Wildman–Crippen LogP) is 3.35. The van der Waals surface area contributed by atoms with Crippen LogP contribution in [0.2, 0.25) is 0 Å². The van der Waals surface area contributed by atoms with Gasteiger partial charge in [0.2, 0.25) is 0 Å². The first-order chi connectivity index (χ1) is 15.9. The predicted molar refractivity (Wildman–Crippen MR) is 126 cm³/mol. The van der Waals surface area contributed by atoms with Crippen LogP contribution in [0.1, 0.15) is 30.9 Å². The van der Waals surface area contributed by atoms with E-state index in [4.69, 9.17) is 29.3 Å². The van der Waals surface area contributed by atoms with Gasteiger partial charge < -0.3 is 19.7 Å². The van der Waals surface area contributed by atoms with E-state index in [0.29, 0.717) is 6.04 Å². The second-order valence-electron chi connectivity index (χ2n) is 7.82. The molecular weight excluding hydrogens is 424 g/mol. The number of methoxy groups -OCH3 is 2. The normalized spacial score (nSPS) is 14.3. The van der Waals surface area contributed by atoms with Crippen molar-refractivity contribution in [1.29, 1.82) is 0 Å². The molecule has 0 aromatic heterocycles. The van der Waals surface area contributed by atoms with Crippen molar-refractivity contribution in [2.45, 2.75) is 38.9 Å². The molecule has 0 radical (unpaired) electrons. The maximum Gasteiger partial charge on any atom is 0.414 e. The van der Waals surface area contributed by atoms with E-state index in [0.717, 1.165) is 44.2 Å². The Morgan fingerprint density at radius 3 is 2.12 bits per heavy atom. The summed E-state index contributed by atoms with van der Waals surface area (Å²) in [6.45, 7) is 7.58. The Morgan fingerprint density at radius 1 is 0.970 bits per heavy atom. The summed E-state index contributed by atoms with van der Waals surface area (Å²) in [6.07, 6.45) is 2.43. The Morgan fingerprint density at radius 2 is 1.61 bits per heavy atom. The fraction of sp³-hybridized carbons (Fsp3) is 0.440. The maximum absolute atomic E-state index is 9.10. The van der Waals surface area contributed by atoms with Crippen molar-refractivity contribution < 1.29 is 29.3 Å². The molecule has 0 spiro atoms. The van der Waals surface area contributed by atoms with Crippen LogP contribution in [0.25, 0.3) is 0 Å². The molecule has 0 bridgehead atoms. The van der Waals surface area contributed by atoms with Crippen LogP contribution in [0.3, 0.4) is 0 Å². The zero-order valence-electron chi connectivity index (χ0n) is 19.6. The lowest BCUT2D eigenvalue weighted by Crippen LogP contribution is -2.44. The second kappa shape index (κ2) is 13.4. The minimum Gasteiger partial charge on any atom is -0.493 e. The summed E-state index contributed by atoms with van der Waals surface area (Å²) in [7, 11) is 3.41. The number of para-hydroxylation sites is 1. The van der Waals surface area contributed by atoms with Crippen LogP contribution < -0.4 is 9.47 Å². The summed E-state index contributed by atoms with van der Waals surface area (Å²) in [5.41, 5.74) is 2.61. The van der Waals surface area contributed by atoms with Gasteiger partial charge in [-0.2, -0.15) is 0 Å². The molecule has 3 rings (SSSR count). The molecule has 1 saturated heterocycles. The van der Waals surface area contributed by atoms with Gasteiger partial charge in [0.1, 0.15) is 0 Å². The third kappa shape index (κ3) is 8.07. The third-order valence-electron chi connectivity index (χ3n) is 5.77. The lowest BCUT2D eigenvalue weighted by molar-refractivity contribution is -0.159. The van der Waals surface area contributed by atoms with Gasteiger partial charge in [0.25, 0.3) is 0 Å². The lowest BCUT2D eigenvalue weighted by atomic mass is 10.0. The van der Waals surface area contributed by atoms with Crippen molar-refractivity contribution in [1.82, 2.24) is 9.80 Å². The fourth-order valence-electron chi connectivity index (χ4n) is 4.08. The standard InChI is InChI=1S/C23H32N2O2.C2H2O4/c1-4-25(17-19-9-6-5-7-10-19)21-13-15-24(16-14-21)18-20-11-8-12-22(26-2)23(20)27-3;3-1(4)2(5)6/h5-12,21H,4,13-18H2,1-3H3;(H,3,4)(H,5,6). The van der Waals surface area contributed by atoms with E-state index >= 15 is 0 Å². The van der Waals surface area contributed by atoms with Crippen LogP contribution in [0.5, 0.6) is 11.5 Å². The summed E-state index contributed by atoms with van der Waals surface area (Å²) >= 11 is 0. The molecule has 0 atom stereocenters. The van der Waals surface area contributed by atoms with Gasteiger partial charge in [-0.25, -0.2) is 9.59 Å². The number of benzene rings is 2. The molecule has 1 heterocycles. The first-order valence-electron chi connectivity index (χ1n) is 11.1. The van der Waals surface area contributed by atoms with Gasteiger partial charge >= 0.3 is 11.9 Å². The van der Waals surface area contributed by atoms with Gasteiger partial charge in [-0.15, -0.1) is 0 Å². The van der Waals surface area contributed by atoms with E-state index in [9.17, 15) is 0 Å². The molecule has 1 aliphatic heterocycles. The highest BCUT2D eigenvalue weighted by Crippen LogP contribution is 2.32. The molecule has 8 heteroatoms. The van der Waals surface area contributed by atoms with Crippen LogP contribution in [-0.4, -0.2) is 71.8 Å². The van der Waals surface area contributed by atoms with E-state index in [1.165, 1.54) is 24.0 Å². The largest absolute Gasteiger partial charge is 0.493 e. The molecule has 180 valence electrons. The number of hydrogen-bond donors (Lipinski definition) is 2. The topological polar surface area (TPSA) is 99.5 Å². The maximum atomic E-state index is 9.10. The average Bonchev–Trinajstić information content (AvgIpc) is 2.84. The quantitative estimate of drug-likeness (QED) is 0.581. The monoisotopic (exact) mass is 458 g/mol. The number of rotatable bonds is 8. The first kappa shape index (κ1) is 26.2. The van der Waals surface area contributed by atoms with Crippen molar-refractivity contribution >= 4 is 11.9 Å². The van der Waals surface area contributed by atoms with E-state index in [-0.39, 0.29) is 0 Å². The molecule has 0 amide bonds. The van der Waals surface area contributed by atoms with Crippen molar-refractivity contribution in [3.8, 4) is 11.5 Å². The summed E-state index contributed by atoms with van der Waals surface area (Å²) in [4.78, 5) is 23.4. The molecule has 1 fully saturated rings. The van der Waals surface area contributed by atoms with Gasteiger partial charge in [-0.1, -0.05) is 49.4 Å². The molecular formula is C25H34N2O6. The molecule has 1 aliphatic rings. The van der Waals surface area contributed by atoms with Gasteiger partial charge in [0, 0.05) is 24.7 Å². The minimum atomic E-state index is -1.82. The summed E-state index contributed by atoms with van der Waals surface area (Å²) in [5, 5.41) is 14.8. The van der Waals surface area contributed by atoms with Gasteiger partial charge in [-0.05, 0) is 44.1 Å². The number of aliphatic carboxylic acids is 2. The van der Waals surface area contributed by atoms with Crippen molar-refractivity contribution in [3.05, 3.63) is 59.7 Å². The zero-order chi connectivity index (χ0) is 24.2. The zero-order valence-corrected chi connectivity index (χ0v) is 19.6. The Bertz CT molecular complexity index is 870. The Labute approximate surface area is 195 Å². The summed E-state index contributed by atoms with van der Waals surface area (Å²) < 4.78 is 11.0. The first-order valence-corrected chi connectivity index (χ1v) is 11.1. The summed E-state index contributed by atoms with van der Waals surface area (Å²) in [6, 6.07) is 17.6. The Hall–Kier alpha value is -3.10. The minimum absolute atomic E-state index is 0.665. The third-order valence-corrected chi connectivity index (χ3v) is 5.77. The molecule has 33 heavy (non-hydrogen) atoms. The number of carboxylic acids is 2. The molecule has 0 aliphatic carbocycles. The molecule has 2 aromatic carbocycles. The number of carboxylic acid groups (broad SMARTS) is 2. The van der Waals surface area contributed by atoms with Gasteiger partial charge in [0.15, 0.2) is 11.5 Å². The second-order valence-corrected chi connectivity index (χ2v) is 7.82. The van der Waals surface area contributed by atoms with E-state index in [1.807, 2.05) is 12.1 Å². The highest BCUT2D eigenvalue weighted by atomic mass is 16.5. The smallest absolute Gasteiger partial charge is 0.414 e. The molecule has 0 unspecified atom stereocenters. The van der Waals surface area contributed by atoms with E-state index < -0.39 is 11.9 Å². The van der Waals surface area contributed by atoms with Crippen LogP contribution >= 0.6 is 0 Å². The highest BCUT2D eigenvalue weighted by Gasteiger charge is 2.24. The SMILES string of the molecule is CCN(Cc1ccccc1)C1CCN(Cc2cccc(OC)c2OC)CC1.O=C(O)C(=O)O. The summed E-state index contributed by atoms with van der Waals surface area (Å²) in [5.74, 6) is -1.98. The fourth-order valence-corrected chi connectivity index (χ4v) is 4.08. The lowest BCUT2D eigenvalue weighted by Gasteiger charge is -2.38. The van der Waals surface area contributed by atoms with Crippen LogP contribution in [0.4, 0.5) is 0 Å². The van der Waals surface area contributed by atoms with E-state index in [1.54, 1.807) is 14.2 Å². The molecule has 2 N–H and O–H groups in total. The highest BCUT2D eigenvalue weighted by molar-refractivity contribution is 6.27. The number of ether oxygens (including phenoxy) is 2. The van der Waals surface area contributed by atoms with Gasteiger partial charge in [0.05, 0.1) is 14.2 Å². The van der Waals surface area contributed by atoms with Crippen LogP contribution in [0, 0.1) is 0 Å². The van der Waals surface area contributed by atoms with E-state index in [2.05, 4.69) is 53.1 Å². The number of piperidine rings is 1. The van der Waals surface area contributed by atoms with Crippen molar-refractivity contribution in [2.24, 2.45) is 0 Å². The molecule has 2 aromatic rings. The average molecular weight is 459 g/mol. The molecule has 8 nitrogen and oxygen atoms in total. The van der Waals surface area contributed by atoms with Crippen molar-refractivity contribution in [3.63, 3.8) is 0 Å². The van der Waals surface area contributed by atoms with Gasteiger partial charge in [-0.3, -0.25) is 9.80 Å². The molecule has 0 saturated carbocycles.